The van der Waals surface area contributed by atoms with Gasteiger partial charge in [-0.3, -0.25) is 18.1 Å². The summed E-state index contributed by atoms with van der Waals surface area (Å²) in [5.74, 6) is -4.03. The summed E-state index contributed by atoms with van der Waals surface area (Å²) in [6, 6.07) is 8.71. The Bertz CT molecular complexity index is 1150. The molecule has 0 aliphatic rings. The molecule has 0 aliphatic heterocycles. The second-order valence-corrected chi connectivity index (χ2v) is 6.82. The summed E-state index contributed by atoms with van der Waals surface area (Å²) in [7, 11) is 0. The average molecular weight is 446 g/mol. The van der Waals surface area contributed by atoms with Crippen molar-refractivity contribution in [3.8, 4) is 0 Å². The maximum atomic E-state index is 15.1. The summed E-state index contributed by atoms with van der Waals surface area (Å²) >= 11 is -3.01. The highest BCUT2D eigenvalue weighted by molar-refractivity contribution is 7.81. The Morgan fingerprint density at radius 3 is 2.42 bits per heavy atom. The smallest absolute Gasteiger partial charge is 0.261 e. The molecular formula is C19H14F2N5O4S-. The highest BCUT2D eigenvalue weighted by Gasteiger charge is 2.25. The van der Waals surface area contributed by atoms with Crippen LogP contribution in [0.5, 0.6) is 0 Å². The first-order valence-corrected chi connectivity index (χ1v) is 9.64. The number of nitrogens with one attached hydrogen (secondary N) is 2. The predicted octanol–water partition coefficient (Wildman–Crippen LogP) is 2.90. The molecule has 0 saturated heterocycles. The summed E-state index contributed by atoms with van der Waals surface area (Å²) in [6.45, 7) is 1.29. The number of benzene rings is 1. The van der Waals surface area contributed by atoms with Crippen molar-refractivity contribution in [1.82, 2.24) is 9.97 Å². The molecule has 9 nitrogen and oxygen atoms in total. The minimum Gasteiger partial charge on any atom is -0.755 e. The second-order valence-electron chi connectivity index (χ2n) is 6.02. The second kappa shape index (κ2) is 9.36. The fraction of sp³-hybridized carbons (Fsp3) is 0.0526. The van der Waals surface area contributed by atoms with Crippen LogP contribution in [0.4, 0.5) is 31.8 Å². The highest BCUT2D eigenvalue weighted by Crippen LogP contribution is 2.31. The molecule has 2 heterocycles. The molecule has 0 radical (unpaired) electrons. The molecule has 0 aliphatic carbocycles. The number of carbonyl (C=O) groups is 2. The van der Waals surface area contributed by atoms with Gasteiger partial charge in [-0.25, -0.2) is 18.7 Å². The third-order valence-electron chi connectivity index (χ3n) is 3.85. The monoisotopic (exact) mass is 446 g/mol. The van der Waals surface area contributed by atoms with E-state index < -0.39 is 40.1 Å². The number of nitrogens with zero attached hydrogens (tertiary/aromatic N) is 3. The van der Waals surface area contributed by atoms with Crippen molar-refractivity contribution in [3.05, 3.63) is 72.1 Å². The molecule has 0 fully saturated rings. The molecule has 12 heteroatoms. The van der Waals surface area contributed by atoms with E-state index in [-0.39, 0.29) is 23.2 Å². The molecule has 31 heavy (non-hydrogen) atoms. The molecule has 2 amide bonds. The van der Waals surface area contributed by atoms with Gasteiger partial charge >= 0.3 is 0 Å². The van der Waals surface area contributed by atoms with E-state index in [0.717, 1.165) is 12.1 Å². The standard InChI is InChI=1S/C19H15F2N5O4S/c1-11(27)24-15-8-5-12(10-23-15)25-19(28)17-13(20)6-7-14(18(17)21)26(31(29)30)16-4-2-3-9-22-16/h2-10H,1H3,(H,25,28)(H,29,30)(H,23,24,27)/p-1. The van der Waals surface area contributed by atoms with E-state index in [1.54, 1.807) is 0 Å². The van der Waals surface area contributed by atoms with E-state index in [4.69, 9.17) is 0 Å². The number of aromatic nitrogens is 2. The fourth-order valence-electron chi connectivity index (χ4n) is 2.58. The first kappa shape index (κ1) is 21.9. The maximum absolute atomic E-state index is 15.1. The molecule has 3 aromatic rings. The van der Waals surface area contributed by atoms with E-state index in [1.807, 2.05) is 0 Å². The van der Waals surface area contributed by atoms with Crippen LogP contribution in [0.25, 0.3) is 0 Å². The normalized spacial score (nSPS) is 11.5. The lowest BCUT2D eigenvalue weighted by Gasteiger charge is -2.26. The first-order chi connectivity index (χ1) is 14.8. The molecule has 2 N–H and O–H groups in total. The van der Waals surface area contributed by atoms with Crippen molar-refractivity contribution in [2.45, 2.75) is 6.92 Å². The predicted molar refractivity (Wildman–Crippen MR) is 108 cm³/mol. The van der Waals surface area contributed by atoms with E-state index >= 15 is 4.39 Å². The SMILES string of the molecule is CC(=O)Nc1ccc(NC(=O)c2c(F)ccc(N(c3ccccn3)S(=O)[O-])c2F)cn1. The fourth-order valence-corrected chi connectivity index (χ4v) is 3.14. The molecule has 0 saturated carbocycles. The van der Waals surface area contributed by atoms with Crippen LogP contribution in [0, 0.1) is 11.6 Å². The van der Waals surface area contributed by atoms with Gasteiger partial charge in [-0.2, -0.15) is 0 Å². The minimum absolute atomic E-state index is 0.0947. The number of halogens is 2. The lowest BCUT2D eigenvalue weighted by Crippen LogP contribution is -2.24. The topological polar surface area (TPSA) is 127 Å². The molecule has 2 aromatic heterocycles. The van der Waals surface area contributed by atoms with Crippen molar-refractivity contribution in [2.75, 3.05) is 14.9 Å². The van der Waals surface area contributed by atoms with Gasteiger partial charge in [-0.1, -0.05) is 6.07 Å². The minimum atomic E-state index is -3.01. The Balaban J connectivity index is 1.93. The van der Waals surface area contributed by atoms with Crippen LogP contribution in [-0.4, -0.2) is 30.5 Å². The average Bonchev–Trinajstić information content (AvgIpc) is 2.71. The Kier molecular flexibility index (Phi) is 6.62. The van der Waals surface area contributed by atoms with E-state index in [1.165, 1.54) is 49.6 Å². The lowest BCUT2D eigenvalue weighted by atomic mass is 10.1. The van der Waals surface area contributed by atoms with Gasteiger partial charge in [0.15, 0.2) is 5.82 Å². The van der Waals surface area contributed by atoms with Crippen molar-refractivity contribution in [2.24, 2.45) is 0 Å². The van der Waals surface area contributed by atoms with Gasteiger partial charge in [-0.05, 0) is 36.4 Å². The van der Waals surface area contributed by atoms with Crippen LogP contribution in [0.2, 0.25) is 0 Å². The molecule has 0 bridgehead atoms. The number of pyridine rings is 2. The van der Waals surface area contributed by atoms with Crippen LogP contribution in [0.1, 0.15) is 17.3 Å². The number of rotatable bonds is 6. The quantitative estimate of drug-likeness (QED) is 0.561. The molecule has 1 atom stereocenters. The molecule has 160 valence electrons. The van der Waals surface area contributed by atoms with Gasteiger partial charge < -0.3 is 15.2 Å². The van der Waals surface area contributed by atoms with Gasteiger partial charge in [-0.15, -0.1) is 0 Å². The lowest BCUT2D eigenvalue weighted by molar-refractivity contribution is -0.114. The Morgan fingerprint density at radius 1 is 1.06 bits per heavy atom. The number of carbonyl (C=O) groups excluding carboxylic acids is 2. The summed E-state index contributed by atoms with van der Waals surface area (Å²) < 4.78 is 53.3. The Morgan fingerprint density at radius 2 is 1.84 bits per heavy atom. The van der Waals surface area contributed by atoms with Crippen LogP contribution >= 0.6 is 0 Å². The molecule has 1 aromatic carbocycles. The zero-order valence-electron chi connectivity index (χ0n) is 15.8. The number of hydrogen-bond donors (Lipinski definition) is 2. The van der Waals surface area contributed by atoms with Crippen molar-refractivity contribution in [3.63, 3.8) is 0 Å². The van der Waals surface area contributed by atoms with E-state index in [0.29, 0.717) is 4.31 Å². The van der Waals surface area contributed by atoms with Gasteiger partial charge in [0.05, 0.1) is 28.8 Å². The van der Waals surface area contributed by atoms with E-state index in [9.17, 15) is 22.7 Å². The first-order valence-electron chi connectivity index (χ1n) is 8.61. The Hall–Kier alpha value is -3.77. The zero-order chi connectivity index (χ0) is 22.5. The number of amides is 2. The maximum Gasteiger partial charge on any atom is 0.261 e. The summed E-state index contributed by atoms with van der Waals surface area (Å²) in [5.41, 5.74) is -1.48. The summed E-state index contributed by atoms with van der Waals surface area (Å²) in [5, 5.41) is 4.70. The molecule has 0 spiro atoms. The third-order valence-corrected chi connectivity index (χ3v) is 4.53. The Labute approximate surface area is 177 Å². The number of hydrogen-bond acceptors (Lipinski definition) is 6. The largest absolute Gasteiger partial charge is 0.755 e. The molecule has 1 unspecified atom stereocenters. The van der Waals surface area contributed by atoms with Crippen LogP contribution in [-0.2, 0) is 16.1 Å². The highest BCUT2D eigenvalue weighted by atomic mass is 32.2. The van der Waals surface area contributed by atoms with Crippen LogP contribution in [0.15, 0.2) is 54.9 Å². The molecular weight excluding hydrogens is 432 g/mol. The van der Waals surface area contributed by atoms with Gasteiger partial charge in [0.25, 0.3) is 5.91 Å². The summed E-state index contributed by atoms with van der Waals surface area (Å²) in [6.07, 6.45) is 2.47. The summed E-state index contributed by atoms with van der Waals surface area (Å²) in [4.78, 5) is 31.3. The number of anilines is 4. The van der Waals surface area contributed by atoms with Crippen LogP contribution in [0.3, 0.4) is 0 Å². The third kappa shape index (κ3) is 5.05. The van der Waals surface area contributed by atoms with Crippen molar-refractivity contribution < 1.29 is 27.1 Å². The van der Waals surface area contributed by atoms with Gasteiger partial charge in [0.2, 0.25) is 5.91 Å². The van der Waals surface area contributed by atoms with Crippen molar-refractivity contribution in [1.29, 1.82) is 0 Å². The molecule has 3 rings (SSSR count). The van der Waals surface area contributed by atoms with Gasteiger partial charge in [0, 0.05) is 13.1 Å². The van der Waals surface area contributed by atoms with Crippen LogP contribution < -0.4 is 14.9 Å². The zero-order valence-corrected chi connectivity index (χ0v) is 16.7. The van der Waals surface area contributed by atoms with E-state index in [2.05, 4.69) is 20.6 Å². The van der Waals surface area contributed by atoms with Gasteiger partial charge in [0.1, 0.15) is 23.0 Å². The van der Waals surface area contributed by atoms with Crippen molar-refractivity contribution >= 4 is 46.1 Å².